The van der Waals surface area contributed by atoms with E-state index in [2.05, 4.69) is 22.2 Å². The average molecular weight is 358 g/mol. The summed E-state index contributed by atoms with van der Waals surface area (Å²) in [6, 6.07) is 14.9. The summed E-state index contributed by atoms with van der Waals surface area (Å²) in [5, 5.41) is 3.14. The summed E-state index contributed by atoms with van der Waals surface area (Å²) in [5.74, 6) is 0.187. The Bertz CT molecular complexity index is 787. The predicted octanol–water partition coefficient (Wildman–Crippen LogP) is 2.76. The molecular weight excluding hydrogens is 338 g/mol. The molecule has 2 unspecified atom stereocenters. The Labute approximate surface area is 150 Å². The molecule has 6 heteroatoms. The normalized spacial score (nSPS) is 21.5. The van der Waals surface area contributed by atoms with E-state index in [0.29, 0.717) is 13.1 Å². The van der Waals surface area contributed by atoms with Gasteiger partial charge in [0.2, 0.25) is 5.91 Å². The summed E-state index contributed by atoms with van der Waals surface area (Å²) >= 11 is 0. The third-order valence-electron chi connectivity index (χ3n) is 4.92. The summed E-state index contributed by atoms with van der Waals surface area (Å²) in [5.41, 5.74) is 3.47. The van der Waals surface area contributed by atoms with E-state index in [9.17, 15) is 13.6 Å². The lowest BCUT2D eigenvalue weighted by Crippen LogP contribution is -2.39. The van der Waals surface area contributed by atoms with E-state index in [1.807, 2.05) is 23.1 Å². The molecule has 1 aliphatic heterocycles. The highest BCUT2D eigenvalue weighted by atomic mass is 19.3. The number of benzene rings is 2. The lowest BCUT2D eigenvalue weighted by molar-refractivity contribution is -0.122. The van der Waals surface area contributed by atoms with Crippen molar-refractivity contribution >= 4 is 5.91 Å². The number of hydrogen-bond acceptors (Lipinski definition) is 3. The molecule has 26 heavy (non-hydrogen) atoms. The van der Waals surface area contributed by atoms with Crippen LogP contribution in [0.5, 0.6) is 5.75 Å². The fourth-order valence-electron chi connectivity index (χ4n) is 3.61. The molecule has 1 fully saturated rings. The van der Waals surface area contributed by atoms with Crippen molar-refractivity contribution < 1.29 is 18.3 Å². The first-order valence-electron chi connectivity index (χ1n) is 8.73. The topological polar surface area (TPSA) is 41.3 Å². The van der Waals surface area contributed by atoms with Crippen LogP contribution in [0.2, 0.25) is 0 Å². The molecule has 1 saturated heterocycles. The molecule has 136 valence electrons. The number of hydrogen-bond donors (Lipinski definition) is 1. The molecule has 0 bridgehead atoms. The van der Waals surface area contributed by atoms with Crippen LogP contribution in [0, 0.1) is 0 Å². The molecule has 0 aromatic heterocycles. The molecule has 1 N–H and O–H groups in total. The summed E-state index contributed by atoms with van der Waals surface area (Å²) in [6.45, 7) is -1.60. The Balaban J connectivity index is 1.28. The molecule has 0 spiro atoms. The SMILES string of the molecule is O=C(NC1Cc2ccccc2C1)C1CN1Cc1cccc(OC(F)F)c1. The molecule has 4 nitrogen and oxygen atoms in total. The molecule has 1 heterocycles. The smallest absolute Gasteiger partial charge is 0.387 e. The van der Waals surface area contributed by atoms with E-state index in [1.165, 1.54) is 17.2 Å². The van der Waals surface area contributed by atoms with Crippen LogP contribution in [0.4, 0.5) is 8.78 Å². The number of ether oxygens (including phenoxy) is 1. The van der Waals surface area contributed by atoms with Gasteiger partial charge in [-0.05, 0) is 41.7 Å². The highest BCUT2D eigenvalue weighted by molar-refractivity contribution is 5.85. The Kier molecular flexibility index (Phi) is 4.59. The number of carbonyl (C=O) groups is 1. The maximum Gasteiger partial charge on any atom is 0.387 e. The minimum Gasteiger partial charge on any atom is -0.435 e. The molecule has 0 radical (unpaired) electrons. The minimum atomic E-state index is -2.83. The third kappa shape index (κ3) is 3.85. The van der Waals surface area contributed by atoms with Crippen molar-refractivity contribution in [2.45, 2.75) is 38.1 Å². The van der Waals surface area contributed by atoms with Gasteiger partial charge in [-0.15, -0.1) is 0 Å². The number of halogens is 2. The van der Waals surface area contributed by atoms with Gasteiger partial charge < -0.3 is 10.1 Å². The van der Waals surface area contributed by atoms with Gasteiger partial charge in [0.05, 0.1) is 0 Å². The number of nitrogens with zero attached hydrogens (tertiary/aromatic N) is 1. The first-order chi connectivity index (χ1) is 12.6. The van der Waals surface area contributed by atoms with Crippen LogP contribution in [0.25, 0.3) is 0 Å². The summed E-state index contributed by atoms with van der Waals surface area (Å²) in [6.07, 6.45) is 1.75. The molecule has 4 rings (SSSR count). The van der Waals surface area contributed by atoms with Gasteiger partial charge in [-0.1, -0.05) is 36.4 Å². The maximum absolute atomic E-state index is 12.4. The molecule has 2 aromatic carbocycles. The fraction of sp³-hybridized carbons (Fsp3) is 0.350. The number of alkyl halides is 2. The summed E-state index contributed by atoms with van der Waals surface area (Å²) in [4.78, 5) is 14.5. The Morgan fingerprint density at radius 3 is 2.58 bits per heavy atom. The van der Waals surface area contributed by atoms with Gasteiger partial charge in [-0.25, -0.2) is 0 Å². The zero-order valence-corrected chi connectivity index (χ0v) is 14.2. The lowest BCUT2D eigenvalue weighted by atomic mass is 10.1. The Morgan fingerprint density at radius 1 is 1.15 bits per heavy atom. The van der Waals surface area contributed by atoms with Crippen LogP contribution in [0.15, 0.2) is 48.5 Å². The van der Waals surface area contributed by atoms with Crippen molar-refractivity contribution in [1.82, 2.24) is 10.2 Å². The molecule has 1 aliphatic carbocycles. The second-order valence-corrected chi connectivity index (χ2v) is 6.85. The van der Waals surface area contributed by atoms with Gasteiger partial charge in [0, 0.05) is 19.1 Å². The summed E-state index contributed by atoms with van der Waals surface area (Å²) in [7, 11) is 0. The lowest BCUT2D eigenvalue weighted by Gasteiger charge is -2.12. The molecule has 2 aromatic rings. The van der Waals surface area contributed by atoms with Crippen LogP contribution in [-0.2, 0) is 24.2 Å². The van der Waals surface area contributed by atoms with Crippen LogP contribution in [0.3, 0.4) is 0 Å². The van der Waals surface area contributed by atoms with Crippen LogP contribution in [0.1, 0.15) is 16.7 Å². The first-order valence-corrected chi connectivity index (χ1v) is 8.73. The van der Waals surface area contributed by atoms with Crippen molar-refractivity contribution in [2.24, 2.45) is 0 Å². The zero-order valence-electron chi connectivity index (χ0n) is 14.2. The molecule has 2 aliphatic rings. The second kappa shape index (κ2) is 7.03. The van der Waals surface area contributed by atoms with Crippen molar-refractivity contribution in [3.05, 3.63) is 65.2 Å². The number of rotatable bonds is 6. The number of fused-ring (bicyclic) bond motifs is 1. The number of nitrogens with one attached hydrogen (secondary N) is 1. The van der Waals surface area contributed by atoms with E-state index >= 15 is 0 Å². The Hall–Kier alpha value is -2.47. The quantitative estimate of drug-likeness (QED) is 0.808. The van der Waals surface area contributed by atoms with Gasteiger partial charge >= 0.3 is 6.61 Å². The Morgan fingerprint density at radius 2 is 1.88 bits per heavy atom. The van der Waals surface area contributed by atoms with Gasteiger partial charge in [0.25, 0.3) is 0 Å². The number of amides is 1. The zero-order chi connectivity index (χ0) is 18.1. The number of carbonyl (C=O) groups excluding carboxylic acids is 1. The van der Waals surface area contributed by atoms with Gasteiger partial charge in [-0.3, -0.25) is 9.69 Å². The van der Waals surface area contributed by atoms with Crippen LogP contribution >= 0.6 is 0 Å². The summed E-state index contributed by atoms with van der Waals surface area (Å²) < 4.78 is 29.0. The second-order valence-electron chi connectivity index (χ2n) is 6.85. The van der Waals surface area contributed by atoms with Crippen LogP contribution in [-0.4, -0.2) is 36.0 Å². The molecule has 1 amide bonds. The predicted molar refractivity (Wildman–Crippen MR) is 93.1 cm³/mol. The third-order valence-corrected chi connectivity index (χ3v) is 4.92. The van der Waals surface area contributed by atoms with Gasteiger partial charge in [-0.2, -0.15) is 8.78 Å². The van der Waals surface area contributed by atoms with E-state index < -0.39 is 6.61 Å². The van der Waals surface area contributed by atoms with Gasteiger partial charge in [0.1, 0.15) is 11.8 Å². The van der Waals surface area contributed by atoms with E-state index in [0.717, 1.165) is 18.4 Å². The standard InChI is InChI=1S/C20H20F2N2O2/c21-20(22)26-17-7-3-4-13(8-17)11-24-12-18(24)19(25)23-16-9-14-5-1-2-6-15(14)10-16/h1-8,16,18,20H,9-12H2,(H,23,25). The first kappa shape index (κ1) is 17.0. The molecule has 2 atom stereocenters. The highest BCUT2D eigenvalue weighted by Crippen LogP contribution is 2.26. The highest BCUT2D eigenvalue weighted by Gasteiger charge is 2.41. The van der Waals surface area contributed by atoms with Crippen molar-refractivity contribution in [2.75, 3.05) is 6.54 Å². The van der Waals surface area contributed by atoms with Crippen molar-refractivity contribution in [1.29, 1.82) is 0 Å². The van der Waals surface area contributed by atoms with Gasteiger partial charge in [0.15, 0.2) is 0 Å². The van der Waals surface area contributed by atoms with E-state index in [1.54, 1.807) is 12.1 Å². The van der Waals surface area contributed by atoms with Crippen LogP contribution < -0.4 is 10.1 Å². The fourth-order valence-corrected chi connectivity index (χ4v) is 3.61. The minimum absolute atomic E-state index is 0.0443. The largest absolute Gasteiger partial charge is 0.435 e. The average Bonchev–Trinajstić information content (AvgIpc) is 3.24. The maximum atomic E-state index is 12.4. The molecule has 0 saturated carbocycles. The monoisotopic (exact) mass is 358 g/mol. The van der Waals surface area contributed by atoms with Crippen molar-refractivity contribution in [3.63, 3.8) is 0 Å². The van der Waals surface area contributed by atoms with Crippen molar-refractivity contribution in [3.8, 4) is 5.75 Å². The van der Waals surface area contributed by atoms with E-state index in [-0.39, 0.29) is 23.7 Å². The van der Waals surface area contributed by atoms with E-state index in [4.69, 9.17) is 0 Å². The molecular formula is C20H20F2N2O2.